The van der Waals surface area contributed by atoms with Crippen LogP contribution in [0.5, 0.6) is 5.75 Å². The van der Waals surface area contributed by atoms with Crippen LogP contribution in [0.2, 0.25) is 0 Å². The van der Waals surface area contributed by atoms with Gasteiger partial charge in [-0.15, -0.1) is 12.4 Å². The third-order valence-electron chi connectivity index (χ3n) is 3.67. The van der Waals surface area contributed by atoms with Gasteiger partial charge < -0.3 is 15.4 Å². The fraction of sp³-hybridized carbons (Fsp3) is 0.611. The molecule has 1 amide bonds. The second-order valence-corrected chi connectivity index (χ2v) is 6.61. The van der Waals surface area contributed by atoms with Crippen LogP contribution < -0.4 is 10.5 Å². The summed E-state index contributed by atoms with van der Waals surface area (Å²) in [5.74, 6) is 1.05. The number of amides is 1. The lowest BCUT2D eigenvalue weighted by Crippen LogP contribution is -2.39. The van der Waals surface area contributed by atoms with Gasteiger partial charge in [0.1, 0.15) is 5.75 Å². The molecule has 23 heavy (non-hydrogen) atoms. The van der Waals surface area contributed by atoms with Gasteiger partial charge in [-0.2, -0.15) is 0 Å². The number of halogens is 1. The Balaban J connectivity index is 0.00000484. The molecule has 0 aromatic heterocycles. The maximum atomic E-state index is 12.2. The van der Waals surface area contributed by atoms with Crippen molar-refractivity contribution >= 4 is 18.3 Å². The third-order valence-corrected chi connectivity index (χ3v) is 3.67. The number of carbonyl (C=O) groups excluding carboxylic acids is 1. The first-order valence-corrected chi connectivity index (χ1v) is 8.03. The van der Waals surface area contributed by atoms with E-state index >= 15 is 0 Å². The van der Waals surface area contributed by atoms with E-state index in [1.165, 1.54) is 0 Å². The molecule has 0 heterocycles. The molecule has 0 spiro atoms. The van der Waals surface area contributed by atoms with Crippen molar-refractivity contribution < 1.29 is 9.53 Å². The van der Waals surface area contributed by atoms with Crippen LogP contribution >= 0.6 is 12.4 Å². The number of aryl methyl sites for hydroxylation is 1. The lowest BCUT2D eigenvalue weighted by molar-refractivity contribution is -0.131. The number of ether oxygens (including phenoxy) is 1. The van der Waals surface area contributed by atoms with E-state index in [-0.39, 0.29) is 23.7 Å². The number of rotatable bonds is 9. The maximum absolute atomic E-state index is 12.2. The smallest absolute Gasteiger partial charge is 0.222 e. The highest BCUT2D eigenvalue weighted by molar-refractivity contribution is 5.85. The van der Waals surface area contributed by atoms with E-state index in [2.05, 4.69) is 20.8 Å². The van der Waals surface area contributed by atoms with Crippen LogP contribution in [0.3, 0.4) is 0 Å². The predicted octanol–water partition coefficient (Wildman–Crippen LogP) is 3.27. The molecule has 0 saturated carbocycles. The predicted molar refractivity (Wildman–Crippen MR) is 98.3 cm³/mol. The molecule has 4 nitrogen and oxygen atoms in total. The zero-order valence-corrected chi connectivity index (χ0v) is 15.6. The van der Waals surface area contributed by atoms with E-state index in [1.54, 1.807) is 4.90 Å². The summed E-state index contributed by atoms with van der Waals surface area (Å²) in [6.45, 7) is 8.23. The van der Waals surface area contributed by atoms with E-state index in [1.807, 2.05) is 31.3 Å². The Morgan fingerprint density at radius 1 is 1.26 bits per heavy atom. The molecule has 132 valence electrons. The first kappa shape index (κ1) is 21.7. The molecule has 1 aromatic rings. The molecular weight excluding hydrogens is 312 g/mol. The highest BCUT2D eigenvalue weighted by Gasteiger charge is 2.20. The quantitative estimate of drug-likeness (QED) is 0.749. The van der Waals surface area contributed by atoms with Crippen molar-refractivity contribution in [1.82, 2.24) is 4.90 Å². The van der Waals surface area contributed by atoms with E-state index in [9.17, 15) is 4.79 Å². The minimum absolute atomic E-state index is 0. The van der Waals surface area contributed by atoms with Crippen LogP contribution in [0.1, 0.15) is 39.2 Å². The minimum Gasteiger partial charge on any atom is -0.494 e. The van der Waals surface area contributed by atoms with Crippen molar-refractivity contribution in [2.24, 2.45) is 11.1 Å². The molecule has 0 unspecified atom stereocenters. The molecule has 2 N–H and O–H groups in total. The summed E-state index contributed by atoms with van der Waals surface area (Å²) in [5.41, 5.74) is 6.84. The van der Waals surface area contributed by atoms with Gasteiger partial charge in [0.25, 0.3) is 0 Å². The van der Waals surface area contributed by atoms with Crippen molar-refractivity contribution in [1.29, 1.82) is 0 Å². The van der Waals surface area contributed by atoms with Gasteiger partial charge in [0.15, 0.2) is 0 Å². The van der Waals surface area contributed by atoms with E-state index in [0.29, 0.717) is 19.5 Å². The summed E-state index contributed by atoms with van der Waals surface area (Å²) >= 11 is 0. The zero-order chi connectivity index (χ0) is 16.6. The lowest BCUT2D eigenvalue weighted by atomic mass is 9.93. The summed E-state index contributed by atoms with van der Waals surface area (Å²) in [5, 5.41) is 0. The minimum atomic E-state index is -0.0390. The van der Waals surface area contributed by atoms with Crippen molar-refractivity contribution in [2.45, 2.75) is 40.0 Å². The average molecular weight is 343 g/mol. The molecule has 0 saturated heterocycles. The highest BCUT2D eigenvalue weighted by atomic mass is 35.5. The Bertz CT molecular complexity index is 461. The van der Waals surface area contributed by atoms with Gasteiger partial charge in [0.2, 0.25) is 5.91 Å². The van der Waals surface area contributed by atoms with Crippen molar-refractivity contribution in [3.63, 3.8) is 0 Å². The molecule has 0 atom stereocenters. The molecule has 0 radical (unpaired) electrons. The van der Waals surface area contributed by atoms with Gasteiger partial charge in [-0.25, -0.2) is 0 Å². The molecule has 0 fully saturated rings. The molecule has 0 aliphatic heterocycles. The van der Waals surface area contributed by atoms with Crippen LogP contribution in [0.15, 0.2) is 24.3 Å². The average Bonchev–Trinajstić information content (AvgIpc) is 2.51. The number of nitrogens with zero attached hydrogens (tertiary/aromatic N) is 1. The van der Waals surface area contributed by atoms with Crippen LogP contribution in [0.4, 0.5) is 0 Å². The largest absolute Gasteiger partial charge is 0.494 e. The fourth-order valence-corrected chi connectivity index (χ4v) is 2.21. The second-order valence-electron chi connectivity index (χ2n) is 6.61. The van der Waals surface area contributed by atoms with Gasteiger partial charge in [-0.3, -0.25) is 4.79 Å². The number of benzene rings is 1. The van der Waals surface area contributed by atoms with E-state index < -0.39 is 0 Å². The van der Waals surface area contributed by atoms with E-state index in [0.717, 1.165) is 30.8 Å². The van der Waals surface area contributed by atoms with Gasteiger partial charge >= 0.3 is 0 Å². The van der Waals surface area contributed by atoms with Crippen molar-refractivity contribution in [3.05, 3.63) is 29.8 Å². The normalized spacial score (nSPS) is 10.8. The molecule has 0 aliphatic rings. The maximum Gasteiger partial charge on any atom is 0.222 e. The van der Waals surface area contributed by atoms with Gasteiger partial charge in [0, 0.05) is 20.0 Å². The standard InChI is InChI=1S/C18H30N2O2.ClH/c1-5-12-22-16-9-6-15(7-10-16)8-11-17(21)20(4)14-18(2,3)13-19;/h6-7,9-10H,5,8,11-14,19H2,1-4H3;1H. The first-order chi connectivity index (χ1) is 10.4. The molecule has 5 heteroatoms. The second kappa shape index (κ2) is 10.5. The Labute approximate surface area is 146 Å². The first-order valence-electron chi connectivity index (χ1n) is 8.03. The van der Waals surface area contributed by atoms with Crippen molar-refractivity contribution in [3.8, 4) is 5.75 Å². The molecular formula is C18H31ClN2O2. The zero-order valence-electron chi connectivity index (χ0n) is 14.8. The fourth-order valence-electron chi connectivity index (χ4n) is 2.21. The van der Waals surface area contributed by atoms with E-state index in [4.69, 9.17) is 10.5 Å². The molecule has 0 aliphatic carbocycles. The van der Waals surface area contributed by atoms with Crippen LogP contribution in [0.25, 0.3) is 0 Å². The number of carbonyl (C=O) groups is 1. The Kier molecular flexibility index (Phi) is 9.93. The topological polar surface area (TPSA) is 55.6 Å². The molecule has 1 aromatic carbocycles. The highest BCUT2D eigenvalue weighted by Crippen LogP contribution is 2.16. The van der Waals surface area contributed by atoms with Crippen LogP contribution in [0, 0.1) is 5.41 Å². The molecule has 0 bridgehead atoms. The summed E-state index contributed by atoms with van der Waals surface area (Å²) in [6.07, 6.45) is 2.27. The van der Waals surface area contributed by atoms with Gasteiger partial charge in [-0.05, 0) is 42.5 Å². The van der Waals surface area contributed by atoms with Gasteiger partial charge in [0.05, 0.1) is 6.61 Å². The number of hydrogen-bond donors (Lipinski definition) is 1. The third kappa shape index (κ3) is 8.24. The molecule has 1 rings (SSSR count). The summed E-state index contributed by atoms with van der Waals surface area (Å²) in [4.78, 5) is 14.0. The Morgan fingerprint density at radius 2 is 1.87 bits per heavy atom. The summed E-state index contributed by atoms with van der Waals surface area (Å²) in [7, 11) is 1.85. The Morgan fingerprint density at radius 3 is 2.39 bits per heavy atom. The number of hydrogen-bond acceptors (Lipinski definition) is 3. The Hall–Kier alpha value is -1.26. The van der Waals surface area contributed by atoms with Crippen LogP contribution in [-0.2, 0) is 11.2 Å². The number of nitrogens with two attached hydrogens (primary N) is 1. The van der Waals surface area contributed by atoms with Crippen molar-refractivity contribution in [2.75, 3.05) is 26.7 Å². The monoisotopic (exact) mass is 342 g/mol. The van der Waals surface area contributed by atoms with Gasteiger partial charge in [-0.1, -0.05) is 32.9 Å². The van der Waals surface area contributed by atoms with Crippen LogP contribution in [-0.4, -0.2) is 37.6 Å². The lowest BCUT2D eigenvalue weighted by Gasteiger charge is -2.29. The summed E-state index contributed by atoms with van der Waals surface area (Å²) < 4.78 is 5.55. The SMILES string of the molecule is CCCOc1ccc(CCC(=O)N(C)CC(C)(C)CN)cc1.Cl. The summed E-state index contributed by atoms with van der Waals surface area (Å²) in [6, 6.07) is 8.00.